The van der Waals surface area contributed by atoms with E-state index < -0.39 is 0 Å². The quantitative estimate of drug-likeness (QED) is 0.708. The Balaban J connectivity index is 2.01. The summed E-state index contributed by atoms with van der Waals surface area (Å²) in [7, 11) is 0. The number of hydrogen-bond donors (Lipinski definition) is 1. The largest absolute Gasteiger partial charge is 0.330 e. The highest BCUT2D eigenvalue weighted by molar-refractivity contribution is 9.10. The molecule has 0 aromatic heterocycles. The summed E-state index contributed by atoms with van der Waals surface area (Å²) in [5, 5.41) is 0. The van der Waals surface area contributed by atoms with Gasteiger partial charge in [0.25, 0.3) is 0 Å². The Labute approximate surface area is 108 Å². The van der Waals surface area contributed by atoms with Crippen LogP contribution < -0.4 is 5.73 Å². The Morgan fingerprint density at radius 1 is 0.812 bits per heavy atom. The van der Waals surface area contributed by atoms with E-state index in [2.05, 4.69) is 40.2 Å². The van der Waals surface area contributed by atoms with Crippen molar-refractivity contribution in [3.05, 3.63) is 34.3 Å². The summed E-state index contributed by atoms with van der Waals surface area (Å²) in [6, 6.07) is 8.66. The van der Waals surface area contributed by atoms with E-state index in [1.54, 1.807) is 0 Å². The third-order valence-electron chi connectivity index (χ3n) is 2.83. The molecule has 1 rings (SSSR count). The van der Waals surface area contributed by atoms with Crippen LogP contribution >= 0.6 is 15.9 Å². The number of nitrogens with two attached hydrogens (primary N) is 1. The van der Waals surface area contributed by atoms with E-state index in [0.29, 0.717) is 0 Å². The maximum atomic E-state index is 5.45. The summed E-state index contributed by atoms with van der Waals surface area (Å²) in [4.78, 5) is 0. The first-order valence-electron chi connectivity index (χ1n) is 6.27. The first-order valence-corrected chi connectivity index (χ1v) is 7.07. The molecule has 0 spiro atoms. The lowest BCUT2D eigenvalue weighted by Gasteiger charge is -2.02. The zero-order valence-corrected chi connectivity index (χ0v) is 11.5. The van der Waals surface area contributed by atoms with Gasteiger partial charge in [-0.15, -0.1) is 0 Å². The highest BCUT2D eigenvalue weighted by Crippen LogP contribution is 2.13. The van der Waals surface area contributed by atoms with Crippen LogP contribution in [-0.2, 0) is 6.42 Å². The van der Waals surface area contributed by atoms with Gasteiger partial charge < -0.3 is 5.73 Å². The summed E-state index contributed by atoms with van der Waals surface area (Å²) in [6.07, 6.45) is 9.06. The molecule has 0 saturated heterocycles. The molecule has 0 aliphatic heterocycles. The first-order chi connectivity index (χ1) is 7.83. The average molecular weight is 284 g/mol. The molecule has 2 heteroatoms. The van der Waals surface area contributed by atoms with Crippen molar-refractivity contribution in [2.45, 2.75) is 44.9 Å². The van der Waals surface area contributed by atoms with Crippen LogP contribution in [0.4, 0.5) is 0 Å². The maximum absolute atomic E-state index is 5.45. The molecule has 0 aliphatic carbocycles. The van der Waals surface area contributed by atoms with Crippen molar-refractivity contribution in [3.63, 3.8) is 0 Å². The molecular weight excluding hydrogens is 262 g/mol. The fourth-order valence-corrected chi connectivity index (χ4v) is 2.10. The average Bonchev–Trinajstić information content (AvgIpc) is 2.30. The van der Waals surface area contributed by atoms with Crippen LogP contribution in [0.5, 0.6) is 0 Å². The molecule has 0 atom stereocenters. The summed E-state index contributed by atoms with van der Waals surface area (Å²) in [5.74, 6) is 0. The molecule has 0 unspecified atom stereocenters. The molecule has 0 amide bonds. The van der Waals surface area contributed by atoms with Gasteiger partial charge in [-0.25, -0.2) is 0 Å². The van der Waals surface area contributed by atoms with Crippen molar-refractivity contribution >= 4 is 15.9 Å². The van der Waals surface area contributed by atoms with Crippen molar-refractivity contribution in [3.8, 4) is 0 Å². The van der Waals surface area contributed by atoms with Gasteiger partial charge in [0, 0.05) is 4.47 Å². The van der Waals surface area contributed by atoms with Crippen LogP contribution in [0.1, 0.15) is 44.1 Å². The molecular formula is C14H22BrN. The fourth-order valence-electron chi connectivity index (χ4n) is 1.83. The zero-order valence-electron chi connectivity index (χ0n) is 9.92. The van der Waals surface area contributed by atoms with Gasteiger partial charge in [0.1, 0.15) is 0 Å². The smallest absolute Gasteiger partial charge is 0.0175 e. The first kappa shape index (κ1) is 13.7. The molecule has 0 heterocycles. The SMILES string of the molecule is NCCCCCCCCc1ccc(Br)cc1. The number of aryl methyl sites for hydroxylation is 1. The Bertz CT molecular complexity index is 269. The van der Waals surface area contributed by atoms with Gasteiger partial charge in [0.15, 0.2) is 0 Å². The predicted molar refractivity (Wildman–Crippen MR) is 74.6 cm³/mol. The monoisotopic (exact) mass is 283 g/mol. The van der Waals surface area contributed by atoms with Crippen LogP contribution in [-0.4, -0.2) is 6.54 Å². The number of unbranched alkanes of at least 4 members (excludes halogenated alkanes) is 5. The number of hydrogen-bond acceptors (Lipinski definition) is 1. The van der Waals surface area contributed by atoms with Gasteiger partial charge >= 0.3 is 0 Å². The van der Waals surface area contributed by atoms with Crippen molar-refractivity contribution < 1.29 is 0 Å². The topological polar surface area (TPSA) is 26.0 Å². The molecule has 1 aromatic rings. The van der Waals surface area contributed by atoms with Crippen LogP contribution in [0.3, 0.4) is 0 Å². The minimum atomic E-state index is 0.846. The summed E-state index contributed by atoms with van der Waals surface area (Å²) < 4.78 is 1.16. The van der Waals surface area contributed by atoms with E-state index in [1.807, 2.05) is 0 Å². The summed E-state index contributed by atoms with van der Waals surface area (Å²) in [6.45, 7) is 0.846. The lowest BCUT2D eigenvalue weighted by atomic mass is 10.1. The van der Waals surface area contributed by atoms with E-state index >= 15 is 0 Å². The molecule has 90 valence electrons. The molecule has 2 N–H and O–H groups in total. The predicted octanol–water partition coefficient (Wildman–Crippen LogP) is 4.29. The minimum Gasteiger partial charge on any atom is -0.330 e. The van der Waals surface area contributed by atoms with Gasteiger partial charge in [0.2, 0.25) is 0 Å². The Hall–Kier alpha value is -0.340. The summed E-state index contributed by atoms with van der Waals surface area (Å²) >= 11 is 3.45. The van der Waals surface area contributed by atoms with Gasteiger partial charge in [-0.05, 0) is 43.5 Å². The zero-order chi connectivity index (χ0) is 11.6. The summed E-state index contributed by atoms with van der Waals surface area (Å²) in [5.41, 5.74) is 6.90. The van der Waals surface area contributed by atoms with Gasteiger partial charge in [-0.2, -0.15) is 0 Å². The highest BCUT2D eigenvalue weighted by Gasteiger charge is 1.94. The molecule has 16 heavy (non-hydrogen) atoms. The molecule has 1 nitrogen and oxygen atoms in total. The molecule has 0 bridgehead atoms. The van der Waals surface area contributed by atoms with Crippen LogP contribution in [0, 0.1) is 0 Å². The van der Waals surface area contributed by atoms with Gasteiger partial charge in [-0.1, -0.05) is 53.7 Å². The van der Waals surface area contributed by atoms with E-state index in [0.717, 1.165) is 11.0 Å². The highest BCUT2D eigenvalue weighted by atomic mass is 79.9. The fraction of sp³-hybridized carbons (Fsp3) is 0.571. The molecule has 0 radical (unpaired) electrons. The maximum Gasteiger partial charge on any atom is 0.0175 e. The van der Waals surface area contributed by atoms with E-state index in [1.165, 1.54) is 50.5 Å². The lowest BCUT2D eigenvalue weighted by Crippen LogP contribution is -1.97. The van der Waals surface area contributed by atoms with Crippen molar-refractivity contribution in [2.24, 2.45) is 5.73 Å². The third-order valence-corrected chi connectivity index (χ3v) is 3.36. The normalized spacial score (nSPS) is 10.6. The Morgan fingerprint density at radius 2 is 1.38 bits per heavy atom. The molecule has 0 fully saturated rings. The Kier molecular flexibility index (Phi) is 7.52. The van der Waals surface area contributed by atoms with Gasteiger partial charge in [-0.3, -0.25) is 0 Å². The number of halogens is 1. The van der Waals surface area contributed by atoms with Crippen molar-refractivity contribution in [2.75, 3.05) is 6.54 Å². The standard InChI is InChI=1S/C14H22BrN/c15-14-10-8-13(9-11-14)7-5-3-1-2-4-6-12-16/h8-11H,1-7,12,16H2. The third kappa shape index (κ3) is 6.29. The second kappa shape index (κ2) is 8.77. The van der Waals surface area contributed by atoms with Crippen LogP contribution in [0.15, 0.2) is 28.7 Å². The van der Waals surface area contributed by atoms with Crippen LogP contribution in [0.25, 0.3) is 0 Å². The second-order valence-corrected chi connectivity index (χ2v) is 5.20. The van der Waals surface area contributed by atoms with E-state index in [-0.39, 0.29) is 0 Å². The van der Waals surface area contributed by atoms with Gasteiger partial charge in [0.05, 0.1) is 0 Å². The van der Waals surface area contributed by atoms with E-state index in [4.69, 9.17) is 5.73 Å². The second-order valence-electron chi connectivity index (χ2n) is 4.29. The van der Waals surface area contributed by atoms with Crippen molar-refractivity contribution in [1.29, 1.82) is 0 Å². The number of benzene rings is 1. The molecule has 0 aliphatic rings. The van der Waals surface area contributed by atoms with Crippen molar-refractivity contribution in [1.82, 2.24) is 0 Å². The van der Waals surface area contributed by atoms with E-state index in [9.17, 15) is 0 Å². The lowest BCUT2D eigenvalue weighted by molar-refractivity contribution is 0.597. The minimum absolute atomic E-state index is 0.846. The molecule has 1 aromatic carbocycles. The van der Waals surface area contributed by atoms with Crippen LogP contribution in [0.2, 0.25) is 0 Å². The number of rotatable bonds is 8. The Morgan fingerprint density at radius 3 is 2.00 bits per heavy atom. The molecule has 0 saturated carbocycles.